The molecule has 0 aliphatic carbocycles. The number of rotatable bonds is 11. The van der Waals surface area contributed by atoms with Gasteiger partial charge in [0.05, 0.1) is 17.9 Å². The molecule has 2 aromatic carbocycles. The molecule has 3 N–H and O–H groups in total. The number of nitrogens with zero attached hydrogens (tertiary/aromatic N) is 2. The molecule has 0 radical (unpaired) electrons. The number of hydrogen-bond acceptors (Lipinski definition) is 8. The average Bonchev–Trinajstić information content (AvgIpc) is 3.06. The molecule has 0 saturated carbocycles. The molecule has 46 heavy (non-hydrogen) atoms. The molecule has 0 aromatic heterocycles. The summed E-state index contributed by atoms with van der Waals surface area (Å²) in [6, 6.07) is 10.0. The topological polar surface area (TPSA) is 128 Å². The molecule has 0 unspecified atom stereocenters. The van der Waals surface area contributed by atoms with Gasteiger partial charge in [-0.25, -0.2) is 4.39 Å². The molecule has 0 spiro atoms. The average molecular weight is 634 g/mol. The van der Waals surface area contributed by atoms with Gasteiger partial charge in [-0.15, -0.1) is 0 Å². The fraction of sp³-hybridized carbons (Fsp3) is 0.486. The van der Waals surface area contributed by atoms with Gasteiger partial charge in [0.15, 0.2) is 0 Å². The molecule has 246 valence electrons. The van der Waals surface area contributed by atoms with Crippen molar-refractivity contribution in [2.45, 2.75) is 58.2 Å². The summed E-state index contributed by atoms with van der Waals surface area (Å²) in [6.07, 6.45) is 6.85. The van der Waals surface area contributed by atoms with Crippen LogP contribution in [0, 0.1) is 22.6 Å². The first-order valence-electron chi connectivity index (χ1n) is 16.1. The lowest BCUT2D eigenvalue weighted by atomic mass is 9.99. The zero-order chi connectivity index (χ0) is 32.6. The van der Waals surface area contributed by atoms with E-state index in [0.717, 1.165) is 52.0 Å². The summed E-state index contributed by atoms with van der Waals surface area (Å²) in [5.74, 6) is -0.601. The molecule has 11 heteroatoms. The second-order valence-corrected chi connectivity index (χ2v) is 12.4. The van der Waals surface area contributed by atoms with Crippen LogP contribution in [0.5, 0.6) is 11.5 Å². The van der Waals surface area contributed by atoms with Gasteiger partial charge in [0, 0.05) is 62.8 Å². The van der Waals surface area contributed by atoms with Crippen LogP contribution in [0.15, 0.2) is 48.6 Å². The predicted molar refractivity (Wildman–Crippen MR) is 174 cm³/mol. The van der Waals surface area contributed by atoms with Crippen LogP contribution in [0.25, 0.3) is 0 Å². The van der Waals surface area contributed by atoms with Crippen molar-refractivity contribution in [2.75, 3.05) is 46.1 Å². The second kappa shape index (κ2) is 15.6. The molecular formula is C35H44FN5O5. The third-order valence-electron chi connectivity index (χ3n) is 8.86. The number of hydrogen-bond donors (Lipinski definition) is 3. The minimum Gasteiger partial charge on any atom is -0.457 e. The first-order valence-corrected chi connectivity index (χ1v) is 16.1. The monoisotopic (exact) mass is 633 g/mol. The van der Waals surface area contributed by atoms with Crippen LogP contribution < -0.4 is 10.1 Å². The Morgan fingerprint density at radius 1 is 1.02 bits per heavy atom. The summed E-state index contributed by atoms with van der Waals surface area (Å²) < 4.78 is 32.5. The van der Waals surface area contributed by atoms with Gasteiger partial charge in [-0.1, -0.05) is 13.8 Å². The van der Waals surface area contributed by atoms with Crippen LogP contribution >= 0.6 is 0 Å². The summed E-state index contributed by atoms with van der Waals surface area (Å²) in [5.41, 5.74) is 1.65. The van der Waals surface area contributed by atoms with Crippen molar-refractivity contribution < 1.29 is 28.2 Å². The first-order chi connectivity index (χ1) is 22.2. The van der Waals surface area contributed by atoms with Gasteiger partial charge in [0.1, 0.15) is 23.9 Å². The lowest BCUT2D eigenvalue weighted by Crippen LogP contribution is -2.49. The molecule has 2 amide bonds. The lowest BCUT2D eigenvalue weighted by molar-refractivity contribution is -0.143. The number of morpholine rings is 1. The molecule has 2 aromatic rings. The Morgan fingerprint density at radius 2 is 1.74 bits per heavy atom. The summed E-state index contributed by atoms with van der Waals surface area (Å²) >= 11 is 0. The predicted octanol–water partition coefficient (Wildman–Crippen LogP) is 4.95. The number of piperidine rings is 1. The maximum absolute atomic E-state index is 15.5. The van der Waals surface area contributed by atoms with E-state index in [1.807, 2.05) is 13.8 Å². The lowest BCUT2D eigenvalue weighted by Gasteiger charge is -2.39. The number of carbonyl (C=O) groups excluding carboxylic acids is 2. The molecule has 3 aliphatic rings. The Kier molecular flexibility index (Phi) is 11.3. The van der Waals surface area contributed by atoms with E-state index in [4.69, 9.17) is 25.0 Å². The van der Waals surface area contributed by atoms with Gasteiger partial charge in [0.25, 0.3) is 5.91 Å². The largest absolute Gasteiger partial charge is 0.457 e. The highest BCUT2D eigenvalue weighted by molar-refractivity contribution is 6.10. The number of benzene rings is 2. The standard InChI is InChI=1S/C35H44FN5O5/c1-23(2)31(37)7-8-32(38)24-3-5-28(6-4-24)46-33-20-29(30(36)19-25(33)21-41-15-18-45-22-34(41)42)35(43)39-26-9-13-40(14-10-26)27-11-16-44-17-12-27/h3-8,19-20,23,26-27,37-38H,9-18,21-22H2,1-2H3,(H,39,43)/b8-7-,37-31?,38-32?. The molecule has 10 nitrogen and oxygen atoms in total. The molecule has 5 rings (SSSR count). The van der Waals surface area contributed by atoms with Crippen molar-refractivity contribution in [3.8, 4) is 11.5 Å². The van der Waals surface area contributed by atoms with Gasteiger partial charge in [-0.2, -0.15) is 0 Å². The zero-order valence-corrected chi connectivity index (χ0v) is 26.6. The minimum absolute atomic E-state index is 0.0367. The summed E-state index contributed by atoms with van der Waals surface area (Å²) in [6.45, 7) is 8.01. The molecular weight excluding hydrogens is 589 g/mol. The molecule has 3 saturated heterocycles. The van der Waals surface area contributed by atoms with Crippen LogP contribution in [0.2, 0.25) is 0 Å². The fourth-order valence-corrected chi connectivity index (χ4v) is 5.92. The number of ether oxygens (including phenoxy) is 3. The third kappa shape index (κ3) is 8.65. The maximum Gasteiger partial charge on any atom is 0.254 e. The number of likely N-dealkylation sites (tertiary alicyclic amines) is 1. The van der Waals surface area contributed by atoms with Gasteiger partial charge >= 0.3 is 0 Å². The minimum atomic E-state index is -0.678. The van der Waals surface area contributed by atoms with Crippen LogP contribution in [0.3, 0.4) is 0 Å². The van der Waals surface area contributed by atoms with E-state index in [0.29, 0.717) is 41.8 Å². The van der Waals surface area contributed by atoms with Gasteiger partial charge in [0.2, 0.25) is 5.91 Å². The molecule has 3 fully saturated rings. The first kappa shape index (κ1) is 33.4. The highest BCUT2D eigenvalue weighted by Gasteiger charge is 2.29. The Morgan fingerprint density at radius 3 is 2.41 bits per heavy atom. The Hall–Kier alpha value is -3.93. The normalized spacial score (nSPS) is 18.7. The van der Waals surface area contributed by atoms with Crippen LogP contribution in [-0.2, 0) is 20.8 Å². The van der Waals surface area contributed by atoms with E-state index in [2.05, 4.69) is 10.2 Å². The highest BCUT2D eigenvalue weighted by Crippen LogP contribution is 2.31. The van der Waals surface area contributed by atoms with Gasteiger partial charge < -0.3 is 40.1 Å². The van der Waals surface area contributed by atoms with Crippen LogP contribution in [0.4, 0.5) is 4.39 Å². The van der Waals surface area contributed by atoms with Crippen molar-refractivity contribution in [1.29, 1.82) is 10.8 Å². The molecule has 3 heterocycles. The van der Waals surface area contributed by atoms with Crippen molar-refractivity contribution in [3.63, 3.8) is 0 Å². The quantitative estimate of drug-likeness (QED) is 0.301. The van der Waals surface area contributed by atoms with Crippen LogP contribution in [-0.4, -0.2) is 91.2 Å². The summed E-state index contributed by atoms with van der Waals surface area (Å²) in [5, 5.41) is 19.4. The third-order valence-corrected chi connectivity index (χ3v) is 8.86. The number of nitrogens with one attached hydrogen (secondary N) is 3. The van der Waals surface area contributed by atoms with E-state index in [-0.39, 0.29) is 48.0 Å². The van der Waals surface area contributed by atoms with Crippen molar-refractivity contribution >= 4 is 23.2 Å². The Balaban J connectivity index is 1.31. The van der Waals surface area contributed by atoms with E-state index < -0.39 is 11.7 Å². The Bertz CT molecular complexity index is 1450. The second-order valence-electron chi connectivity index (χ2n) is 12.4. The van der Waals surface area contributed by atoms with Crippen LogP contribution in [0.1, 0.15) is 61.0 Å². The molecule has 3 aliphatic heterocycles. The number of amides is 2. The molecule has 0 bridgehead atoms. The van der Waals surface area contributed by atoms with Gasteiger partial charge in [-0.3, -0.25) is 9.59 Å². The number of carbonyl (C=O) groups is 2. The zero-order valence-electron chi connectivity index (χ0n) is 26.6. The Labute approximate surface area is 269 Å². The van der Waals surface area contributed by atoms with Crippen molar-refractivity contribution in [1.82, 2.24) is 15.1 Å². The van der Waals surface area contributed by atoms with Crippen molar-refractivity contribution in [3.05, 3.63) is 71.1 Å². The summed E-state index contributed by atoms with van der Waals surface area (Å²) in [4.78, 5) is 29.9. The maximum atomic E-state index is 15.5. The smallest absolute Gasteiger partial charge is 0.254 e. The van der Waals surface area contributed by atoms with E-state index in [1.165, 1.54) is 12.1 Å². The van der Waals surface area contributed by atoms with E-state index >= 15 is 4.39 Å². The number of allylic oxidation sites excluding steroid dienone is 2. The SMILES string of the molecule is CC(C)C(=N)/C=C\C(=N)c1ccc(Oc2cc(C(=O)NC3CCN(C4CCOCC4)CC3)c(F)cc2CN2CCOCC2=O)cc1. The summed E-state index contributed by atoms with van der Waals surface area (Å²) in [7, 11) is 0. The van der Waals surface area contributed by atoms with E-state index in [9.17, 15) is 9.59 Å². The molecule has 0 atom stereocenters. The number of halogens is 1. The van der Waals surface area contributed by atoms with Crippen molar-refractivity contribution in [2.24, 2.45) is 5.92 Å². The van der Waals surface area contributed by atoms with Gasteiger partial charge in [-0.05, 0) is 85.7 Å². The van der Waals surface area contributed by atoms with E-state index in [1.54, 1.807) is 41.3 Å². The fourth-order valence-electron chi connectivity index (χ4n) is 5.92. The highest BCUT2D eigenvalue weighted by atomic mass is 19.1.